The van der Waals surface area contributed by atoms with E-state index in [1.54, 1.807) is 13.0 Å². The third-order valence-corrected chi connectivity index (χ3v) is 3.01. The highest BCUT2D eigenvalue weighted by Gasteiger charge is 2.23. The third kappa shape index (κ3) is 2.51. The number of aromatic nitrogens is 3. The molecule has 1 aromatic carbocycles. The Bertz CT molecular complexity index is 596. The minimum atomic E-state index is -0.241. The molecule has 0 aliphatic rings. The van der Waals surface area contributed by atoms with Crippen LogP contribution in [0.15, 0.2) is 18.2 Å². The number of hydrogen-bond donors (Lipinski definition) is 1. The Morgan fingerprint density at radius 1 is 1.26 bits per heavy atom. The van der Waals surface area contributed by atoms with Crippen LogP contribution in [0.3, 0.4) is 0 Å². The molecule has 1 aromatic heterocycles. The maximum Gasteiger partial charge on any atom is 0.164 e. The third-order valence-electron chi connectivity index (χ3n) is 3.01. The fourth-order valence-electron chi connectivity index (χ4n) is 2.07. The molecular weight excluding hydrogens is 243 g/mol. The van der Waals surface area contributed by atoms with Gasteiger partial charge in [0.1, 0.15) is 11.6 Å². The lowest BCUT2D eigenvalue weighted by molar-refractivity contribution is 0.386. The first kappa shape index (κ1) is 13.7. The molecule has 2 N–H and O–H groups in total. The molecule has 0 aliphatic carbocycles. The van der Waals surface area contributed by atoms with Gasteiger partial charge in [-0.1, -0.05) is 12.1 Å². The second kappa shape index (κ2) is 4.74. The summed E-state index contributed by atoms with van der Waals surface area (Å²) in [6.07, 6.45) is 0. The normalized spacial score (nSPS) is 11.9. The van der Waals surface area contributed by atoms with Crippen molar-refractivity contribution in [3.05, 3.63) is 35.4 Å². The summed E-state index contributed by atoms with van der Waals surface area (Å²) in [6.45, 7) is 8.17. The molecule has 1 heterocycles. The van der Waals surface area contributed by atoms with Gasteiger partial charge in [0, 0.05) is 11.1 Å². The summed E-state index contributed by atoms with van der Waals surface area (Å²) in [7, 11) is 0. The van der Waals surface area contributed by atoms with Gasteiger partial charge in [-0.05, 0) is 39.3 Å². The molecule has 19 heavy (non-hydrogen) atoms. The summed E-state index contributed by atoms with van der Waals surface area (Å²) in [5.41, 5.74) is 6.81. The number of hydrogen-bond acceptors (Lipinski definition) is 3. The Balaban J connectivity index is 2.62. The molecule has 2 rings (SSSR count). The molecule has 0 spiro atoms. The number of benzene rings is 1. The van der Waals surface area contributed by atoms with Crippen molar-refractivity contribution >= 4 is 0 Å². The van der Waals surface area contributed by atoms with Gasteiger partial charge in [-0.15, -0.1) is 10.2 Å². The second-order valence-corrected chi connectivity index (χ2v) is 5.61. The van der Waals surface area contributed by atoms with Gasteiger partial charge in [0.15, 0.2) is 5.82 Å². The lowest BCUT2D eigenvalue weighted by Crippen LogP contribution is -2.26. The maximum atomic E-state index is 13.7. The smallest absolute Gasteiger partial charge is 0.164 e. The number of nitrogens with two attached hydrogens (primary N) is 1. The van der Waals surface area contributed by atoms with Crippen molar-refractivity contribution in [2.24, 2.45) is 5.73 Å². The molecule has 2 aromatic rings. The predicted molar refractivity (Wildman–Crippen MR) is 73.0 cm³/mol. The molecule has 0 radical (unpaired) electrons. The van der Waals surface area contributed by atoms with Gasteiger partial charge in [-0.2, -0.15) is 0 Å². The van der Waals surface area contributed by atoms with E-state index in [0.717, 1.165) is 0 Å². The zero-order chi connectivity index (χ0) is 14.2. The van der Waals surface area contributed by atoms with Gasteiger partial charge >= 0.3 is 0 Å². The molecule has 0 atom stereocenters. The average Bonchev–Trinajstić information content (AvgIpc) is 2.76. The Morgan fingerprint density at radius 3 is 2.47 bits per heavy atom. The highest BCUT2D eigenvalue weighted by atomic mass is 19.1. The second-order valence-electron chi connectivity index (χ2n) is 5.61. The summed E-state index contributed by atoms with van der Waals surface area (Å²) in [5, 5.41) is 8.26. The highest BCUT2D eigenvalue weighted by Crippen LogP contribution is 2.27. The molecule has 5 heteroatoms. The Morgan fingerprint density at radius 2 is 1.95 bits per heavy atom. The van der Waals surface area contributed by atoms with E-state index in [1.165, 1.54) is 6.07 Å². The number of halogens is 1. The summed E-state index contributed by atoms with van der Waals surface area (Å²) in [4.78, 5) is 0. The van der Waals surface area contributed by atoms with E-state index in [0.29, 0.717) is 29.3 Å². The first-order valence-corrected chi connectivity index (χ1v) is 6.26. The SMILES string of the molecule is Cc1ccc(-c2nnc(CN)n2C(C)(C)C)cc1F. The maximum absolute atomic E-state index is 13.7. The van der Waals surface area contributed by atoms with Crippen molar-refractivity contribution in [2.45, 2.75) is 39.8 Å². The van der Waals surface area contributed by atoms with E-state index in [4.69, 9.17) is 5.73 Å². The number of aryl methyl sites for hydroxylation is 1. The highest BCUT2D eigenvalue weighted by molar-refractivity contribution is 5.56. The average molecular weight is 262 g/mol. The van der Waals surface area contributed by atoms with E-state index in [2.05, 4.69) is 10.2 Å². The Labute approximate surface area is 112 Å². The Kier molecular flexibility index (Phi) is 3.41. The zero-order valence-corrected chi connectivity index (χ0v) is 11.7. The molecule has 4 nitrogen and oxygen atoms in total. The van der Waals surface area contributed by atoms with Gasteiger partial charge in [0.25, 0.3) is 0 Å². The number of rotatable bonds is 2. The van der Waals surface area contributed by atoms with Crippen molar-refractivity contribution in [2.75, 3.05) is 0 Å². The summed E-state index contributed by atoms with van der Waals surface area (Å²) < 4.78 is 15.7. The lowest BCUT2D eigenvalue weighted by Gasteiger charge is -2.24. The molecule has 0 unspecified atom stereocenters. The zero-order valence-electron chi connectivity index (χ0n) is 11.7. The minimum absolute atomic E-state index is 0.213. The molecule has 0 aliphatic heterocycles. The van der Waals surface area contributed by atoms with Gasteiger partial charge in [0.05, 0.1) is 6.54 Å². The monoisotopic (exact) mass is 262 g/mol. The van der Waals surface area contributed by atoms with Crippen molar-refractivity contribution < 1.29 is 4.39 Å². The molecule has 0 saturated carbocycles. The van der Waals surface area contributed by atoms with Crippen molar-refractivity contribution in [3.8, 4) is 11.4 Å². The summed E-state index contributed by atoms with van der Waals surface area (Å²) in [6, 6.07) is 5.08. The van der Waals surface area contributed by atoms with Crippen LogP contribution in [-0.2, 0) is 12.1 Å². The van der Waals surface area contributed by atoms with Crippen LogP contribution in [0.2, 0.25) is 0 Å². The molecule has 0 bridgehead atoms. The predicted octanol–water partition coefficient (Wildman–Crippen LogP) is 2.61. The van der Waals surface area contributed by atoms with E-state index < -0.39 is 0 Å². The van der Waals surface area contributed by atoms with Gasteiger partial charge in [-0.25, -0.2) is 4.39 Å². The van der Waals surface area contributed by atoms with E-state index in [1.807, 2.05) is 31.4 Å². The van der Waals surface area contributed by atoms with E-state index in [-0.39, 0.29) is 11.4 Å². The van der Waals surface area contributed by atoms with Crippen LogP contribution in [0.4, 0.5) is 4.39 Å². The molecular formula is C14H19FN4. The number of nitrogens with zero attached hydrogens (tertiary/aromatic N) is 3. The van der Waals surface area contributed by atoms with Crippen molar-refractivity contribution in [3.63, 3.8) is 0 Å². The minimum Gasteiger partial charge on any atom is -0.324 e. The van der Waals surface area contributed by atoms with Crippen LogP contribution >= 0.6 is 0 Å². The standard InChI is InChI=1S/C14H19FN4/c1-9-5-6-10(7-11(9)15)13-18-17-12(8-16)19(13)14(2,3)4/h5-7H,8,16H2,1-4H3. The fourth-order valence-corrected chi connectivity index (χ4v) is 2.07. The van der Waals surface area contributed by atoms with Crippen LogP contribution in [0, 0.1) is 12.7 Å². The largest absolute Gasteiger partial charge is 0.324 e. The quantitative estimate of drug-likeness (QED) is 0.905. The van der Waals surface area contributed by atoms with Crippen LogP contribution in [0.1, 0.15) is 32.2 Å². The first-order valence-electron chi connectivity index (χ1n) is 6.26. The van der Waals surface area contributed by atoms with Crippen LogP contribution in [0.5, 0.6) is 0 Å². The summed E-state index contributed by atoms with van der Waals surface area (Å²) in [5.74, 6) is 1.10. The Hall–Kier alpha value is -1.75. The van der Waals surface area contributed by atoms with Crippen molar-refractivity contribution in [1.29, 1.82) is 0 Å². The van der Waals surface area contributed by atoms with Crippen molar-refractivity contribution in [1.82, 2.24) is 14.8 Å². The van der Waals surface area contributed by atoms with Crippen LogP contribution < -0.4 is 5.73 Å². The molecule has 102 valence electrons. The van der Waals surface area contributed by atoms with Crippen LogP contribution in [0.25, 0.3) is 11.4 Å². The molecule has 0 saturated heterocycles. The first-order chi connectivity index (χ1) is 8.84. The van der Waals surface area contributed by atoms with E-state index >= 15 is 0 Å². The summed E-state index contributed by atoms with van der Waals surface area (Å²) >= 11 is 0. The fraction of sp³-hybridized carbons (Fsp3) is 0.429. The van der Waals surface area contributed by atoms with Gasteiger partial charge < -0.3 is 10.3 Å². The van der Waals surface area contributed by atoms with Gasteiger partial charge in [-0.3, -0.25) is 0 Å². The van der Waals surface area contributed by atoms with E-state index in [9.17, 15) is 4.39 Å². The van der Waals surface area contributed by atoms with Crippen LogP contribution in [-0.4, -0.2) is 14.8 Å². The molecule has 0 amide bonds. The molecule has 0 fully saturated rings. The van der Waals surface area contributed by atoms with Gasteiger partial charge in [0.2, 0.25) is 0 Å². The topological polar surface area (TPSA) is 56.7 Å². The lowest BCUT2D eigenvalue weighted by atomic mass is 10.1.